The van der Waals surface area contributed by atoms with E-state index in [0.29, 0.717) is 5.82 Å². The van der Waals surface area contributed by atoms with Crippen molar-refractivity contribution in [1.29, 1.82) is 0 Å². The third-order valence-corrected chi connectivity index (χ3v) is 2.47. The number of hydrogen-bond donors (Lipinski definition) is 2. The number of halogens is 1. The fourth-order valence-corrected chi connectivity index (χ4v) is 1.79. The second kappa shape index (κ2) is 3.92. The number of nitrogens with one attached hydrogen (secondary N) is 1. The number of aliphatic hydroxyl groups excluding tert-OH is 1. The fraction of sp³-hybridized carbons (Fsp3) is 0.500. The molecule has 0 saturated heterocycles. The standard InChI is InChI=1S/C10H13FN2O/c11-9-2-1-3-10(13-9)12-7-4-5-8(14)6-7/h1-3,7-8,14H,4-6H2,(H,12,13)/t7-,8+/m0/s1. The Balaban J connectivity index is 1.97. The van der Waals surface area contributed by atoms with Crippen LogP contribution in [0.2, 0.25) is 0 Å². The predicted molar refractivity (Wildman–Crippen MR) is 51.5 cm³/mol. The van der Waals surface area contributed by atoms with E-state index in [-0.39, 0.29) is 12.1 Å². The molecule has 2 rings (SSSR count). The Kier molecular flexibility index (Phi) is 2.63. The number of nitrogens with zero attached hydrogens (tertiary/aromatic N) is 1. The van der Waals surface area contributed by atoms with Crippen molar-refractivity contribution in [1.82, 2.24) is 4.98 Å². The number of aromatic nitrogens is 1. The highest BCUT2D eigenvalue weighted by molar-refractivity contribution is 5.35. The predicted octanol–water partition coefficient (Wildman–Crippen LogP) is 1.55. The maximum absolute atomic E-state index is 12.7. The molecule has 0 aliphatic heterocycles. The van der Waals surface area contributed by atoms with Crippen LogP contribution >= 0.6 is 0 Å². The normalized spacial score (nSPS) is 26.4. The summed E-state index contributed by atoms with van der Waals surface area (Å²) in [7, 11) is 0. The molecule has 0 aromatic carbocycles. The summed E-state index contributed by atoms with van der Waals surface area (Å²) in [5.74, 6) is 0.0673. The number of anilines is 1. The molecule has 1 aromatic rings. The smallest absolute Gasteiger partial charge is 0.214 e. The minimum absolute atomic E-state index is 0.221. The van der Waals surface area contributed by atoms with E-state index in [4.69, 9.17) is 0 Å². The lowest BCUT2D eigenvalue weighted by atomic mass is 10.2. The summed E-state index contributed by atoms with van der Waals surface area (Å²) in [6.45, 7) is 0. The lowest BCUT2D eigenvalue weighted by molar-refractivity contribution is 0.182. The van der Waals surface area contributed by atoms with Crippen LogP contribution in [0.1, 0.15) is 19.3 Å². The zero-order valence-corrected chi connectivity index (χ0v) is 7.78. The van der Waals surface area contributed by atoms with Crippen LogP contribution in [-0.2, 0) is 0 Å². The molecule has 0 bridgehead atoms. The molecule has 1 aromatic heterocycles. The maximum atomic E-state index is 12.7. The third kappa shape index (κ3) is 2.20. The van der Waals surface area contributed by atoms with Crippen molar-refractivity contribution in [3.8, 4) is 0 Å². The molecule has 0 unspecified atom stereocenters. The van der Waals surface area contributed by atoms with Gasteiger partial charge in [-0.05, 0) is 31.4 Å². The molecule has 0 spiro atoms. The third-order valence-electron chi connectivity index (χ3n) is 2.47. The summed E-state index contributed by atoms with van der Waals surface area (Å²) in [6, 6.07) is 4.89. The Labute approximate surface area is 82.0 Å². The Morgan fingerprint density at radius 3 is 2.93 bits per heavy atom. The second-order valence-corrected chi connectivity index (χ2v) is 3.65. The maximum Gasteiger partial charge on any atom is 0.214 e. The van der Waals surface area contributed by atoms with Crippen LogP contribution in [0.3, 0.4) is 0 Å². The number of rotatable bonds is 2. The van der Waals surface area contributed by atoms with Crippen molar-refractivity contribution >= 4 is 5.82 Å². The van der Waals surface area contributed by atoms with E-state index < -0.39 is 5.95 Å². The van der Waals surface area contributed by atoms with Gasteiger partial charge in [0.05, 0.1) is 6.10 Å². The van der Waals surface area contributed by atoms with Gasteiger partial charge in [-0.25, -0.2) is 4.98 Å². The molecule has 3 nitrogen and oxygen atoms in total. The van der Waals surface area contributed by atoms with Gasteiger partial charge in [-0.2, -0.15) is 4.39 Å². The van der Waals surface area contributed by atoms with Gasteiger partial charge in [0, 0.05) is 6.04 Å². The van der Waals surface area contributed by atoms with Gasteiger partial charge in [0.15, 0.2) is 0 Å². The molecule has 0 amide bonds. The van der Waals surface area contributed by atoms with Gasteiger partial charge < -0.3 is 10.4 Å². The first-order valence-electron chi connectivity index (χ1n) is 4.81. The van der Waals surface area contributed by atoms with Crippen LogP contribution in [0.25, 0.3) is 0 Å². The van der Waals surface area contributed by atoms with E-state index in [1.165, 1.54) is 6.07 Å². The Morgan fingerprint density at radius 1 is 1.43 bits per heavy atom. The van der Waals surface area contributed by atoms with Crippen LogP contribution in [0.15, 0.2) is 18.2 Å². The summed E-state index contributed by atoms with van der Waals surface area (Å²) in [5.41, 5.74) is 0. The minimum atomic E-state index is -0.478. The van der Waals surface area contributed by atoms with Crippen molar-refractivity contribution in [3.63, 3.8) is 0 Å². The van der Waals surface area contributed by atoms with Gasteiger partial charge in [-0.15, -0.1) is 0 Å². The van der Waals surface area contributed by atoms with Crippen molar-refractivity contribution in [2.75, 3.05) is 5.32 Å². The minimum Gasteiger partial charge on any atom is -0.393 e. The summed E-state index contributed by atoms with van der Waals surface area (Å²) >= 11 is 0. The molecule has 76 valence electrons. The van der Waals surface area contributed by atoms with Crippen LogP contribution < -0.4 is 5.32 Å². The topological polar surface area (TPSA) is 45.1 Å². The largest absolute Gasteiger partial charge is 0.393 e. The number of pyridine rings is 1. The summed E-state index contributed by atoms with van der Waals surface area (Å²) in [5, 5.41) is 12.4. The molecule has 1 aliphatic rings. The van der Waals surface area contributed by atoms with Gasteiger partial charge in [-0.1, -0.05) is 6.07 Å². The second-order valence-electron chi connectivity index (χ2n) is 3.65. The summed E-state index contributed by atoms with van der Waals surface area (Å²) < 4.78 is 12.7. The SMILES string of the molecule is O[C@@H]1CC[C@H](Nc2cccc(F)n2)C1. The van der Waals surface area contributed by atoms with Crippen LogP contribution in [-0.4, -0.2) is 22.2 Å². The molecule has 0 radical (unpaired) electrons. The molecule has 4 heteroatoms. The lowest BCUT2D eigenvalue weighted by Gasteiger charge is -2.12. The van der Waals surface area contributed by atoms with Crippen molar-refractivity contribution in [2.45, 2.75) is 31.4 Å². The highest BCUT2D eigenvalue weighted by atomic mass is 19.1. The Bertz CT molecular complexity index is 319. The molecule has 1 saturated carbocycles. The van der Waals surface area contributed by atoms with Crippen LogP contribution in [0.5, 0.6) is 0 Å². The Morgan fingerprint density at radius 2 is 2.29 bits per heavy atom. The average Bonchev–Trinajstić information content (AvgIpc) is 2.51. The lowest BCUT2D eigenvalue weighted by Crippen LogP contribution is -2.17. The first-order chi connectivity index (χ1) is 6.74. The highest BCUT2D eigenvalue weighted by Crippen LogP contribution is 2.21. The molecule has 1 heterocycles. The fourth-order valence-electron chi connectivity index (χ4n) is 1.79. The Hall–Kier alpha value is -1.16. The summed E-state index contributed by atoms with van der Waals surface area (Å²) in [4.78, 5) is 3.70. The van der Waals surface area contributed by atoms with Gasteiger partial charge in [-0.3, -0.25) is 0 Å². The molecule has 2 atom stereocenters. The zero-order chi connectivity index (χ0) is 9.97. The van der Waals surface area contributed by atoms with Gasteiger partial charge in [0.1, 0.15) is 5.82 Å². The highest BCUT2D eigenvalue weighted by Gasteiger charge is 2.22. The van der Waals surface area contributed by atoms with E-state index >= 15 is 0 Å². The van der Waals surface area contributed by atoms with Gasteiger partial charge >= 0.3 is 0 Å². The number of hydrogen-bond acceptors (Lipinski definition) is 3. The van der Waals surface area contributed by atoms with E-state index in [1.54, 1.807) is 12.1 Å². The molecule has 2 N–H and O–H groups in total. The van der Waals surface area contributed by atoms with Crippen LogP contribution in [0.4, 0.5) is 10.2 Å². The molecule has 14 heavy (non-hydrogen) atoms. The summed E-state index contributed by atoms with van der Waals surface area (Å²) in [6.07, 6.45) is 2.23. The zero-order valence-electron chi connectivity index (χ0n) is 7.78. The average molecular weight is 196 g/mol. The first-order valence-corrected chi connectivity index (χ1v) is 4.81. The van der Waals surface area contributed by atoms with E-state index in [1.807, 2.05) is 0 Å². The van der Waals surface area contributed by atoms with Crippen LogP contribution in [0, 0.1) is 5.95 Å². The van der Waals surface area contributed by atoms with E-state index in [9.17, 15) is 9.50 Å². The monoisotopic (exact) mass is 196 g/mol. The molecule has 1 fully saturated rings. The van der Waals surface area contributed by atoms with Gasteiger partial charge in [0.25, 0.3) is 0 Å². The quantitative estimate of drug-likeness (QED) is 0.705. The van der Waals surface area contributed by atoms with Crippen molar-refractivity contribution in [2.24, 2.45) is 0 Å². The van der Waals surface area contributed by atoms with E-state index in [2.05, 4.69) is 10.3 Å². The number of aliphatic hydroxyl groups is 1. The van der Waals surface area contributed by atoms with Crippen molar-refractivity contribution in [3.05, 3.63) is 24.1 Å². The molecule has 1 aliphatic carbocycles. The molecular weight excluding hydrogens is 183 g/mol. The molecular formula is C10H13FN2O. The van der Waals surface area contributed by atoms with Gasteiger partial charge in [0.2, 0.25) is 5.95 Å². The first kappa shape index (κ1) is 9.40. The van der Waals surface area contributed by atoms with Crippen molar-refractivity contribution < 1.29 is 9.50 Å². The van der Waals surface area contributed by atoms with E-state index in [0.717, 1.165) is 19.3 Å².